The van der Waals surface area contributed by atoms with Gasteiger partial charge in [0.1, 0.15) is 5.76 Å². The van der Waals surface area contributed by atoms with Gasteiger partial charge in [0.25, 0.3) is 11.8 Å². The minimum atomic E-state index is -0.380. The number of fused-ring (bicyclic) bond motifs is 1. The van der Waals surface area contributed by atoms with E-state index in [1.807, 2.05) is 13.0 Å². The summed E-state index contributed by atoms with van der Waals surface area (Å²) in [5.41, 5.74) is 2.36. The van der Waals surface area contributed by atoms with Gasteiger partial charge in [-0.25, -0.2) is 0 Å². The van der Waals surface area contributed by atoms with Crippen LogP contribution >= 0.6 is 0 Å². The number of benzene rings is 2. The van der Waals surface area contributed by atoms with E-state index in [-0.39, 0.29) is 23.1 Å². The Morgan fingerprint density at radius 3 is 2.57 bits per heavy atom. The second-order valence-electron chi connectivity index (χ2n) is 5.16. The van der Waals surface area contributed by atoms with E-state index in [4.69, 9.17) is 0 Å². The molecule has 0 saturated carbocycles. The van der Waals surface area contributed by atoms with Gasteiger partial charge in [0, 0.05) is 23.2 Å². The van der Waals surface area contributed by atoms with Crippen LogP contribution in [0.1, 0.15) is 28.4 Å². The lowest BCUT2D eigenvalue weighted by molar-refractivity contribution is -0.110. The van der Waals surface area contributed by atoms with Gasteiger partial charge in [-0.15, -0.1) is 0 Å². The lowest BCUT2D eigenvalue weighted by atomic mass is 10.0. The quantitative estimate of drug-likeness (QED) is 0.602. The molecule has 1 aliphatic rings. The van der Waals surface area contributed by atoms with Gasteiger partial charge in [0.2, 0.25) is 0 Å². The van der Waals surface area contributed by atoms with Crippen LogP contribution in [0.25, 0.3) is 11.3 Å². The van der Waals surface area contributed by atoms with Crippen LogP contribution < -0.4 is 10.6 Å². The van der Waals surface area contributed by atoms with Crippen molar-refractivity contribution >= 4 is 28.8 Å². The molecule has 5 nitrogen and oxygen atoms in total. The van der Waals surface area contributed by atoms with Crippen LogP contribution in [0.3, 0.4) is 0 Å². The van der Waals surface area contributed by atoms with Gasteiger partial charge in [-0.3, -0.25) is 9.59 Å². The Hall–Kier alpha value is -3.08. The van der Waals surface area contributed by atoms with Gasteiger partial charge in [0.15, 0.2) is 0 Å². The van der Waals surface area contributed by atoms with E-state index in [9.17, 15) is 14.7 Å². The molecule has 23 heavy (non-hydrogen) atoms. The minimum absolute atomic E-state index is 0.0763. The van der Waals surface area contributed by atoms with Crippen LogP contribution in [0.4, 0.5) is 5.69 Å². The summed E-state index contributed by atoms with van der Waals surface area (Å²) in [6.07, 6.45) is 0. The third-order valence-corrected chi connectivity index (χ3v) is 3.65. The molecular weight excluding hydrogens is 292 g/mol. The zero-order valence-electron chi connectivity index (χ0n) is 12.6. The highest BCUT2D eigenvalue weighted by Crippen LogP contribution is 2.36. The van der Waals surface area contributed by atoms with E-state index in [1.165, 1.54) is 0 Å². The molecule has 0 radical (unpaired) electrons. The lowest BCUT2D eigenvalue weighted by Crippen LogP contribution is -2.22. The van der Waals surface area contributed by atoms with Gasteiger partial charge in [0.05, 0.1) is 11.3 Å². The van der Waals surface area contributed by atoms with Crippen LogP contribution in [0.15, 0.2) is 48.5 Å². The fraction of sp³-hybridized carbons (Fsp3) is 0.111. The van der Waals surface area contributed by atoms with Crippen molar-refractivity contribution in [2.24, 2.45) is 0 Å². The third kappa shape index (κ3) is 2.68. The number of amides is 2. The van der Waals surface area contributed by atoms with E-state index >= 15 is 0 Å². The zero-order chi connectivity index (χ0) is 16.4. The number of nitrogens with one attached hydrogen (secondary N) is 2. The van der Waals surface area contributed by atoms with E-state index < -0.39 is 0 Å². The molecule has 0 aromatic heterocycles. The summed E-state index contributed by atoms with van der Waals surface area (Å²) in [6, 6.07) is 13.8. The molecule has 0 fully saturated rings. The van der Waals surface area contributed by atoms with Crippen molar-refractivity contribution in [2.75, 3.05) is 11.9 Å². The minimum Gasteiger partial charge on any atom is -0.506 e. The Kier molecular flexibility index (Phi) is 3.85. The number of rotatable bonds is 3. The average Bonchev–Trinajstić information content (AvgIpc) is 2.90. The van der Waals surface area contributed by atoms with Crippen LogP contribution in [0.2, 0.25) is 0 Å². The standard InChI is InChI=1S/C18H16N2O3/c1-2-19-17(22)12-8-9-13-14(10-12)20-18(23)15(13)16(21)11-6-4-3-5-7-11/h3-10,21H,2H2,1H3,(H,19,22)(H,20,23). The van der Waals surface area contributed by atoms with Crippen molar-refractivity contribution in [1.29, 1.82) is 0 Å². The van der Waals surface area contributed by atoms with Crippen molar-refractivity contribution < 1.29 is 14.7 Å². The predicted molar refractivity (Wildman–Crippen MR) is 89.0 cm³/mol. The summed E-state index contributed by atoms with van der Waals surface area (Å²) in [4.78, 5) is 24.1. The highest BCUT2D eigenvalue weighted by atomic mass is 16.3. The highest BCUT2D eigenvalue weighted by Gasteiger charge is 2.29. The topological polar surface area (TPSA) is 78.4 Å². The fourth-order valence-electron chi connectivity index (χ4n) is 2.55. The smallest absolute Gasteiger partial charge is 0.260 e. The number of hydrogen-bond donors (Lipinski definition) is 3. The summed E-state index contributed by atoms with van der Waals surface area (Å²) in [5, 5.41) is 15.8. The zero-order valence-corrected chi connectivity index (χ0v) is 12.6. The number of aliphatic hydroxyl groups is 1. The molecule has 0 saturated heterocycles. The molecule has 116 valence electrons. The summed E-state index contributed by atoms with van der Waals surface area (Å²) in [7, 11) is 0. The van der Waals surface area contributed by atoms with Crippen LogP contribution in [-0.2, 0) is 4.79 Å². The summed E-state index contributed by atoms with van der Waals surface area (Å²) in [5.74, 6) is -0.656. The summed E-state index contributed by atoms with van der Waals surface area (Å²) in [6.45, 7) is 2.37. The third-order valence-electron chi connectivity index (χ3n) is 3.65. The van der Waals surface area contributed by atoms with Crippen molar-refractivity contribution in [1.82, 2.24) is 5.32 Å². The van der Waals surface area contributed by atoms with Gasteiger partial charge in [-0.05, 0) is 19.1 Å². The van der Waals surface area contributed by atoms with Gasteiger partial charge >= 0.3 is 0 Å². The highest BCUT2D eigenvalue weighted by molar-refractivity contribution is 6.36. The Bertz CT molecular complexity index is 810. The van der Waals surface area contributed by atoms with E-state index in [0.29, 0.717) is 28.9 Å². The molecule has 2 aromatic rings. The number of carbonyl (C=O) groups excluding carboxylic acids is 2. The van der Waals surface area contributed by atoms with Crippen molar-refractivity contribution in [3.8, 4) is 0 Å². The normalized spacial score (nSPS) is 14.9. The molecule has 2 aromatic carbocycles. The second kappa shape index (κ2) is 5.96. The molecule has 0 bridgehead atoms. The Labute approximate surface area is 133 Å². The molecule has 2 amide bonds. The largest absolute Gasteiger partial charge is 0.506 e. The number of anilines is 1. The predicted octanol–water partition coefficient (Wildman–Crippen LogP) is 2.81. The molecule has 3 rings (SSSR count). The Morgan fingerprint density at radius 1 is 1.13 bits per heavy atom. The SMILES string of the molecule is CCNC(=O)c1ccc2c(c1)NC(=O)C2=C(O)c1ccccc1. The molecular formula is C18H16N2O3. The monoisotopic (exact) mass is 308 g/mol. The fourth-order valence-corrected chi connectivity index (χ4v) is 2.55. The van der Waals surface area contributed by atoms with Crippen molar-refractivity contribution in [3.63, 3.8) is 0 Å². The first-order valence-corrected chi connectivity index (χ1v) is 7.34. The molecule has 5 heteroatoms. The molecule has 0 aliphatic carbocycles. The Balaban J connectivity index is 2.05. The maximum absolute atomic E-state index is 12.2. The van der Waals surface area contributed by atoms with Crippen molar-refractivity contribution in [3.05, 3.63) is 65.2 Å². The molecule has 1 aliphatic heterocycles. The van der Waals surface area contributed by atoms with E-state index in [0.717, 1.165) is 0 Å². The van der Waals surface area contributed by atoms with Gasteiger partial charge in [-0.2, -0.15) is 0 Å². The van der Waals surface area contributed by atoms with Crippen LogP contribution in [0, 0.1) is 0 Å². The van der Waals surface area contributed by atoms with Gasteiger partial charge in [-0.1, -0.05) is 36.4 Å². The number of hydrogen-bond acceptors (Lipinski definition) is 3. The summed E-state index contributed by atoms with van der Waals surface area (Å²) < 4.78 is 0. The number of aliphatic hydroxyl groups excluding tert-OH is 1. The first kappa shape index (κ1) is 14.8. The maximum Gasteiger partial charge on any atom is 0.260 e. The second-order valence-corrected chi connectivity index (χ2v) is 5.16. The molecule has 1 heterocycles. The number of carbonyl (C=O) groups is 2. The molecule has 0 spiro atoms. The first-order valence-electron chi connectivity index (χ1n) is 7.34. The maximum atomic E-state index is 12.2. The van der Waals surface area contributed by atoms with Gasteiger partial charge < -0.3 is 15.7 Å². The first-order chi connectivity index (χ1) is 11.1. The molecule has 0 atom stereocenters. The Morgan fingerprint density at radius 2 is 1.87 bits per heavy atom. The average molecular weight is 308 g/mol. The van der Waals surface area contributed by atoms with E-state index in [1.54, 1.807) is 42.5 Å². The summed E-state index contributed by atoms with van der Waals surface area (Å²) >= 11 is 0. The lowest BCUT2D eigenvalue weighted by Gasteiger charge is -2.06. The van der Waals surface area contributed by atoms with E-state index in [2.05, 4.69) is 10.6 Å². The van der Waals surface area contributed by atoms with Crippen LogP contribution in [-0.4, -0.2) is 23.5 Å². The molecule has 0 unspecified atom stereocenters. The molecule has 3 N–H and O–H groups in total. The van der Waals surface area contributed by atoms with Crippen molar-refractivity contribution in [2.45, 2.75) is 6.92 Å². The van der Waals surface area contributed by atoms with Crippen LogP contribution in [0.5, 0.6) is 0 Å².